The first-order chi connectivity index (χ1) is 21.0. The molecule has 0 aliphatic carbocycles. The average Bonchev–Trinajstić information content (AvgIpc) is 3.48. The molecule has 1 N–H and O–H groups in total. The van der Waals surface area contributed by atoms with Crippen LogP contribution in [0.15, 0.2) is 72.1 Å². The summed E-state index contributed by atoms with van der Waals surface area (Å²) < 4.78 is 58.4. The lowest BCUT2D eigenvalue weighted by atomic mass is 10.1. The first-order valence-electron chi connectivity index (χ1n) is 14.7. The van der Waals surface area contributed by atoms with Gasteiger partial charge in [0.2, 0.25) is 0 Å². The van der Waals surface area contributed by atoms with Crippen LogP contribution >= 0.6 is 11.3 Å². The van der Waals surface area contributed by atoms with Gasteiger partial charge in [-0.2, -0.15) is 13.2 Å². The molecule has 234 valence electrons. The number of aryl methyl sites for hydroxylation is 1. The molecular weight excluding hydrogens is 590 g/mol. The molecule has 0 saturated carbocycles. The minimum Gasteiger partial charge on any atom is -0.466 e. The van der Waals surface area contributed by atoms with Gasteiger partial charge in [-0.25, -0.2) is 9.37 Å². The van der Waals surface area contributed by atoms with E-state index in [1.54, 1.807) is 19.1 Å². The second kappa shape index (κ2) is 15.2. The molecule has 1 aromatic heterocycles. The zero-order valence-corrected chi connectivity index (χ0v) is 25.9. The summed E-state index contributed by atoms with van der Waals surface area (Å²) in [7, 11) is 0. The molecule has 10 heteroatoms. The number of hydrogen-bond acceptors (Lipinski definition) is 6. The summed E-state index contributed by atoms with van der Waals surface area (Å²) >= 11 is 1.48. The van der Waals surface area contributed by atoms with E-state index in [9.17, 15) is 22.4 Å². The molecule has 0 saturated heterocycles. The topological polar surface area (TPSA) is 54.5 Å². The second-order valence-electron chi connectivity index (χ2n) is 11.0. The summed E-state index contributed by atoms with van der Waals surface area (Å²) in [6.07, 6.45) is -2.98. The Morgan fingerprint density at radius 2 is 1.73 bits per heavy atom. The van der Waals surface area contributed by atoms with Crippen molar-refractivity contribution in [2.24, 2.45) is 5.92 Å². The Balaban J connectivity index is 1.37. The van der Waals surface area contributed by atoms with Gasteiger partial charge in [-0.15, -0.1) is 11.3 Å². The predicted molar refractivity (Wildman–Crippen MR) is 168 cm³/mol. The minimum atomic E-state index is -4.37. The standard InChI is InChI=1S/C34H37F4N3O2S/c1-4-43-32(42)16-12-26-11-15-29(19-30(26)35)39-20-24-5-7-25(8-6-24)21-41(18-17-23(2)3)33-40-31(22-44-33)27-9-13-28(14-10-27)34(36,37)38/h5-11,13-15,19,22-23,39H,4,12,16-18,20-21H2,1-3H3. The van der Waals surface area contributed by atoms with Crippen molar-refractivity contribution in [3.05, 3.63) is 100 Å². The number of nitrogens with zero attached hydrogens (tertiary/aromatic N) is 2. The second-order valence-corrected chi connectivity index (χ2v) is 11.8. The van der Waals surface area contributed by atoms with E-state index in [0.717, 1.165) is 41.4 Å². The van der Waals surface area contributed by atoms with Gasteiger partial charge in [0.1, 0.15) is 5.82 Å². The maximum absolute atomic E-state index is 14.6. The quantitative estimate of drug-likeness (QED) is 0.112. The lowest BCUT2D eigenvalue weighted by Crippen LogP contribution is -2.24. The van der Waals surface area contributed by atoms with Crippen molar-refractivity contribution >= 4 is 28.1 Å². The van der Waals surface area contributed by atoms with Crippen LogP contribution in [0.3, 0.4) is 0 Å². The summed E-state index contributed by atoms with van der Waals surface area (Å²) in [4.78, 5) is 18.5. The number of anilines is 2. The van der Waals surface area contributed by atoms with E-state index in [1.165, 1.54) is 29.5 Å². The number of thiazole rings is 1. The normalized spacial score (nSPS) is 11.5. The average molecular weight is 628 g/mol. The summed E-state index contributed by atoms with van der Waals surface area (Å²) in [6, 6.07) is 18.2. The summed E-state index contributed by atoms with van der Waals surface area (Å²) in [5.41, 5.74) is 3.88. The highest BCUT2D eigenvalue weighted by Crippen LogP contribution is 2.33. The molecule has 0 amide bonds. The summed E-state index contributed by atoms with van der Waals surface area (Å²) in [5, 5.41) is 5.95. The Bertz CT molecular complexity index is 1500. The van der Waals surface area contributed by atoms with Gasteiger partial charge in [0.15, 0.2) is 5.13 Å². The molecule has 0 bridgehead atoms. The van der Waals surface area contributed by atoms with Crippen LogP contribution in [-0.2, 0) is 35.2 Å². The van der Waals surface area contributed by atoms with E-state index in [0.29, 0.717) is 48.1 Å². The fraction of sp³-hybridized carbons (Fsp3) is 0.353. The predicted octanol–water partition coefficient (Wildman–Crippen LogP) is 9.13. The van der Waals surface area contributed by atoms with E-state index in [1.807, 2.05) is 17.5 Å². The van der Waals surface area contributed by atoms with Crippen LogP contribution < -0.4 is 10.2 Å². The van der Waals surface area contributed by atoms with Crippen molar-refractivity contribution < 1.29 is 27.1 Å². The number of carbonyl (C=O) groups excluding carboxylic acids is 1. The number of aromatic nitrogens is 1. The Kier molecular flexibility index (Phi) is 11.4. The minimum absolute atomic E-state index is 0.141. The first kappa shape index (κ1) is 33.0. The third kappa shape index (κ3) is 9.54. The van der Waals surface area contributed by atoms with Gasteiger partial charge >= 0.3 is 12.1 Å². The molecule has 4 rings (SSSR count). The summed E-state index contributed by atoms with van der Waals surface area (Å²) in [5.74, 6) is -0.202. The number of carbonyl (C=O) groups is 1. The van der Waals surface area contributed by atoms with Crippen LogP contribution in [-0.4, -0.2) is 24.1 Å². The number of benzene rings is 3. The molecule has 0 fully saturated rings. The van der Waals surface area contributed by atoms with Crippen molar-refractivity contribution in [2.45, 2.75) is 59.3 Å². The van der Waals surface area contributed by atoms with E-state index in [-0.39, 0.29) is 24.6 Å². The van der Waals surface area contributed by atoms with Gasteiger partial charge in [-0.05, 0) is 66.6 Å². The maximum Gasteiger partial charge on any atom is 0.416 e. The van der Waals surface area contributed by atoms with Crippen molar-refractivity contribution in [1.29, 1.82) is 0 Å². The Hall–Kier alpha value is -3.92. The first-order valence-corrected chi connectivity index (χ1v) is 15.5. The molecule has 0 radical (unpaired) electrons. The monoisotopic (exact) mass is 627 g/mol. The summed E-state index contributed by atoms with van der Waals surface area (Å²) in [6.45, 7) is 8.33. The third-order valence-electron chi connectivity index (χ3n) is 7.10. The number of ether oxygens (including phenoxy) is 1. The lowest BCUT2D eigenvalue weighted by Gasteiger charge is -2.23. The number of hydrogen-bond donors (Lipinski definition) is 1. The Morgan fingerprint density at radius 1 is 1.02 bits per heavy atom. The number of nitrogens with one attached hydrogen (secondary N) is 1. The van der Waals surface area contributed by atoms with E-state index < -0.39 is 11.7 Å². The molecule has 5 nitrogen and oxygen atoms in total. The number of rotatable bonds is 14. The van der Waals surface area contributed by atoms with Gasteiger partial charge in [0.05, 0.1) is 17.9 Å². The smallest absolute Gasteiger partial charge is 0.416 e. The molecule has 3 aromatic carbocycles. The molecule has 0 unspecified atom stereocenters. The van der Waals surface area contributed by atoms with Crippen LogP contribution in [0.4, 0.5) is 28.4 Å². The molecule has 0 spiro atoms. The van der Waals surface area contributed by atoms with Crippen LogP contribution in [0.1, 0.15) is 55.9 Å². The van der Waals surface area contributed by atoms with Gasteiger partial charge in [-0.3, -0.25) is 4.79 Å². The van der Waals surface area contributed by atoms with Crippen LogP contribution in [0.2, 0.25) is 0 Å². The SMILES string of the molecule is CCOC(=O)CCc1ccc(NCc2ccc(CN(CCC(C)C)c3nc(-c4ccc(C(F)(F)F)cc4)cs3)cc2)cc1F. The Labute approximate surface area is 259 Å². The van der Waals surface area contributed by atoms with Crippen molar-refractivity contribution in [3.63, 3.8) is 0 Å². The molecule has 0 aliphatic heterocycles. The van der Waals surface area contributed by atoms with Gasteiger partial charge < -0.3 is 15.0 Å². The van der Waals surface area contributed by atoms with Crippen LogP contribution in [0.25, 0.3) is 11.3 Å². The third-order valence-corrected chi connectivity index (χ3v) is 8.00. The highest BCUT2D eigenvalue weighted by atomic mass is 32.1. The number of esters is 1. The zero-order chi connectivity index (χ0) is 31.7. The number of halogens is 4. The fourth-order valence-electron chi connectivity index (χ4n) is 4.55. The van der Waals surface area contributed by atoms with E-state index in [4.69, 9.17) is 9.72 Å². The van der Waals surface area contributed by atoms with Crippen LogP contribution in [0.5, 0.6) is 0 Å². The molecule has 44 heavy (non-hydrogen) atoms. The molecule has 1 heterocycles. The maximum atomic E-state index is 14.6. The van der Waals surface area contributed by atoms with Crippen LogP contribution in [0, 0.1) is 11.7 Å². The number of alkyl halides is 3. The van der Waals surface area contributed by atoms with Crippen molar-refractivity contribution in [2.75, 3.05) is 23.4 Å². The Morgan fingerprint density at radius 3 is 2.36 bits per heavy atom. The lowest BCUT2D eigenvalue weighted by molar-refractivity contribution is -0.143. The van der Waals surface area contributed by atoms with Gasteiger partial charge in [0.25, 0.3) is 0 Å². The van der Waals surface area contributed by atoms with E-state index >= 15 is 0 Å². The molecule has 0 aliphatic rings. The highest BCUT2D eigenvalue weighted by molar-refractivity contribution is 7.14. The molecule has 0 atom stereocenters. The van der Waals surface area contributed by atoms with Gasteiger partial charge in [-0.1, -0.05) is 56.3 Å². The van der Waals surface area contributed by atoms with E-state index in [2.05, 4.69) is 36.2 Å². The zero-order valence-electron chi connectivity index (χ0n) is 25.1. The van der Waals surface area contributed by atoms with Crippen molar-refractivity contribution in [3.8, 4) is 11.3 Å². The highest BCUT2D eigenvalue weighted by Gasteiger charge is 2.30. The largest absolute Gasteiger partial charge is 0.466 e. The molecular formula is C34H37F4N3O2S. The fourth-order valence-corrected chi connectivity index (χ4v) is 5.41. The van der Waals surface area contributed by atoms with Crippen molar-refractivity contribution in [1.82, 2.24) is 4.98 Å². The molecule has 4 aromatic rings. The van der Waals surface area contributed by atoms with Gasteiger partial charge in [0, 0.05) is 42.7 Å².